The summed E-state index contributed by atoms with van der Waals surface area (Å²) in [4.78, 5) is 0.327. The quantitative estimate of drug-likeness (QED) is 0.339. The van der Waals surface area contributed by atoms with Crippen LogP contribution in [0.2, 0.25) is 5.02 Å². The average Bonchev–Trinajstić information content (AvgIpc) is 2.89. The maximum atomic E-state index is 14.3. The highest BCUT2D eigenvalue weighted by Crippen LogP contribution is 2.49. The predicted octanol–water partition coefficient (Wildman–Crippen LogP) is 7.41. The van der Waals surface area contributed by atoms with Crippen molar-refractivity contribution in [3.63, 3.8) is 0 Å². The average molecular weight is 522 g/mol. The van der Waals surface area contributed by atoms with Gasteiger partial charge in [-0.1, -0.05) is 71.8 Å². The van der Waals surface area contributed by atoms with Gasteiger partial charge in [0, 0.05) is 11.4 Å². The van der Waals surface area contributed by atoms with E-state index in [1.165, 1.54) is 5.56 Å². The number of hydrogen-bond acceptors (Lipinski definition) is 3. The van der Waals surface area contributed by atoms with Crippen LogP contribution in [0.4, 0.5) is 0 Å². The van der Waals surface area contributed by atoms with Gasteiger partial charge in [-0.2, -0.15) is 4.31 Å². The zero-order valence-electron chi connectivity index (χ0n) is 20.7. The van der Waals surface area contributed by atoms with Crippen LogP contribution in [0.1, 0.15) is 61.3 Å². The predicted molar refractivity (Wildman–Crippen MR) is 144 cm³/mol. The maximum absolute atomic E-state index is 14.3. The first-order valence-electron chi connectivity index (χ1n) is 12.6. The van der Waals surface area contributed by atoms with Crippen LogP contribution < -0.4 is 0 Å². The molecule has 1 saturated carbocycles. The highest BCUT2D eigenvalue weighted by atomic mass is 35.5. The molecular weight excluding hydrogens is 490 g/mol. The highest BCUT2D eigenvalue weighted by molar-refractivity contribution is 7.89. The lowest BCUT2D eigenvalue weighted by Gasteiger charge is -2.46. The summed E-state index contributed by atoms with van der Waals surface area (Å²) in [5.74, 6) is 1.23. The zero-order chi connectivity index (χ0) is 25.3. The van der Waals surface area contributed by atoms with Crippen molar-refractivity contribution in [2.45, 2.75) is 62.4 Å². The fourth-order valence-corrected chi connectivity index (χ4v) is 7.62. The maximum Gasteiger partial charge on any atom is 0.244 e. The first-order chi connectivity index (χ1) is 17.4. The molecule has 0 aromatic heterocycles. The fourth-order valence-electron chi connectivity index (χ4n) is 5.69. The minimum atomic E-state index is -3.79. The third-order valence-corrected chi connectivity index (χ3v) is 9.65. The Morgan fingerprint density at radius 3 is 2.28 bits per heavy atom. The zero-order valence-corrected chi connectivity index (χ0v) is 22.3. The lowest BCUT2D eigenvalue weighted by Crippen LogP contribution is -2.49. The molecule has 0 saturated heterocycles. The second-order valence-electron chi connectivity index (χ2n) is 9.70. The minimum Gasteiger partial charge on any atom is -0.498 e. The molecule has 5 rings (SSSR count). The van der Waals surface area contributed by atoms with Crippen LogP contribution >= 0.6 is 11.6 Å². The molecule has 3 aromatic rings. The van der Waals surface area contributed by atoms with Gasteiger partial charge in [0.2, 0.25) is 10.0 Å². The van der Waals surface area contributed by atoms with Crippen molar-refractivity contribution in [3.8, 4) is 0 Å². The summed E-state index contributed by atoms with van der Waals surface area (Å²) in [6.45, 7) is 4.52. The number of fused-ring (bicyclic) bond motifs is 1. The van der Waals surface area contributed by atoms with Gasteiger partial charge < -0.3 is 4.74 Å². The topological polar surface area (TPSA) is 46.6 Å². The number of hydrogen-bond donors (Lipinski definition) is 0. The molecule has 4 nitrogen and oxygen atoms in total. The van der Waals surface area contributed by atoms with Crippen LogP contribution in [-0.4, -0.2) is 25.4 Å². The fraction of sp³-hybridized carbons (Fsp3) is 0.333. The molecule has 1 fully saturated rings. The molecule has 3 atom stereocenters. The number of halogens is 1. The van der Waals surface area contributed by atoms with E-state index < -0.39 is 10.0 Å². The second kappa shape index (κ2) is 10.4. The third kappa shape index (κ3) is 4.84. The summed E-state index contributed by atoms with van der Waals surface area (Å²) in [5, 5.41) is 0.630. The Morgan fingerprint density at radius 1 is 0.917 bits per heavy atom. The van der Waals surface area contributed by atoms with E-state index in [0.29, 0.717) is 22.9 Å². The monoisotopic (exact) mass is 521 g/mol. The highest BCUT2D eigenvalue weighted by Gasteiger charge is 2.47. The van der Waals surface area contributed by atoms with E-state index in [-0.39, 0.29) is 18.0 Å². The van der Waals surface area contributed by atoms with E-state index in [2.05, 4.69) is 24.3 Å². The van der Waals surface area contributed by atoms with E-state index in [9.17, 15) is 8.42 Å². The lowest BCUT2D eigenvalue weighted by molar-refractivity contribution is 0.137. The van der Waals surface area contributed by atoms with Crippen LogP contribution in [0.15, 0.2) is 95.1 Å². The molecule has 1 aliphatic carbocycles. The molecule has 6 heteroatoms. The molecular formula is C30H32ClNO3S. The molecule has 0 N–H and O–H groups in total. The van der Waals surface area contributed by atoms with Gasteiger partial charge in [0.1, 0.15) is 0 Å². The molecule has 0 bridgehead atoms. The van der Waals surface area contributed by atoms with Gasteiger partial charge in [0.05, 0.1) is 29.3 Å². The molecule has 3 unspecified atom stereocenters. The summed E-state index contributed by atoms with van der Waals surface area (Å²) < 4.78 is 36.7. The molecule has 3 aromatic carbocycles. The van der Waals surface area contributed by atoms with Crippen molar-refractivity contribution in [3.05, 3.63) is 112 Å². The van der Waals surface area contributed by atoms with Crippen LogP contribution in [0.3, 0.4) is 0 Å². The number of benzene rings is 3. The molecule has 1 heterocycles. The van der Waals surface area contributed by atoms with Gasteiger partial charge in [0.15, 0.2) is 0 Å². The van der Waals surface area contributed by atoms with Gasteiger partial charge in [-0.25, -0.2) is 8.42 Å². The Balaban J connectivity index is 1.65. The van der Waals surface area contributed by atoms with Gasteiger partial charge in [0.25, 0.3) is 0 Å². The number of nitrogens with zero attached hydrogens (tertiary/aromatic N) is 1. The van der Waals surface area contributed by atoms with Gasteiger partial charge >= 0.3 is 0 Å². The number of ether oxygens (including phenoxy) is 1. The van der Waals surface area contributed by atoms with E-state index in [0.717, 1.165) is 41.7 Å². The number of aryl methyl sites for hydroxylation is 1. The van der Waals surface area contributed by atoms with E-state index in [4.69, 9.17) is 16.3 Å². The van der Waals surface area contributed by atoms with Gasteiger partial charge in [-0.15, -0.1) is 0 Å². The molecule has 1 aliphatic heterocycles. The second-order valence-corrected chi connectivity index (χ2v) is 12.0. The van der Waals surface area contributed by atoms with E-state index in [1.54, 1.807) is 16.4 Å². The minimum absolute atomic E-state index is 0.272. The molecule has 0 radical (unpaired) electrons. The molecule has 0 spiro atoms. The normalized spacial score (nSPS) is 22.8. The van der Waals surface area contributed by atoms with Crippen LogP contribution in [0, 0.1) is 6.92 Å². The van der Waals surface area contributed by atoms with E-state index in [1.807, 2.05) is 56.3 Å². The summed E-state index contributed by atoms with van der Waals surface area (Å²) in [6.07, 6.45) is 3.05. The lowest BCUT2D eigenvalue weighted by atomic mass is 9.75. The van der Waals surface area contributed by atoms with E-state index >= 15 is 0 Å². The summed E-state index contributed by atoms with van der Waals surface area (Å²) >= 11 is 6.20. The number of sulfonamides is 1. The Kier molecular flexibility index (Phi) is 7.25. The van der Waals surface area contributed by atoms with Gasteiger partial charge in [-0.05, 0) is 80.0 Å². The largest absolute Gasteiger partial charge is 0.498 e. The third-order valence-electron chi connectivity index (χ3n) is 7.46. The van der Waals surface area contributed by atoms with Crippen LogP contribution in [-0.2, 0) is 14.8 Å². The van der Waals surface area contributed by atoms with Crippen molar-refractivity contribution in [2.24, 2.45) is 0 Å². The standard InChI is InChI=1S/C30H32ClNO3S/c1-3-35-30-20-28(23-11-14-25(31)15-12-23)32(36(33,34)26-16-9-21(2)10-17-26)29-19-24(13-18-27(29)30)22-7-5-4-6-8-22/h4-12,14-17,24,28-29H,3,13,18-20H2,1-2H3. The van der Waals surface area contributed by atoms with Crippen molar-refractivity contribution >= 4 is 21.6 Å². The Hall–Kier alpha value is -2.60. The first-order valence-corrected chi connectivity index (χ1v) is 14.5. The molecule has 188 valence electrons. The molecule has 0 amide bonds. The summed E-state index contributed by atoms with van der Waals surface area (Å²) in [5.41, 5.74) is 4.34. The Morgan fingerprint density at radius 2 is 1.61 bits per heavy atom. The number of rotatable bonds is 6. The van der Waals surface area contributed by atoms with Crippen LogP contribution in [0.5, 0.6) is 0 Å². The molecule has 36 heavy (non-hydrogen) atoms. The van der Waals surface area contributed by atoms with Crippen molar-refractivity contribution in [1.29, 1.82) is 0 Å². The van der Waals surface area contributed by atoms with Gasteiger partial charge in [-0.3, -0.25) is 0 Å². The first kappa shape index (κ1) is 25.1. The van der Waals surface area contributed by atoms with Crippen LogP contribution in [0.25, 0.3) is 0 Å². The molecule has 2 aliphatic rings. The van der Waals surface area contributed by atoms with Crippen molar-refractivity contribution in [2.75, 3.05) is 6.61 Å². The Bertz CT molecular complexity index is 1340. The summed E-state index contributed by atoms with van der Waals surface area (Å²) in [6, 6.07) is 24.5. The smallest absolute Gasteiger partial charge is 0.244 e. The Labute approximate surface area is 219 Å². The van der Waals surface area contributed by atoms with Crippen molar-refractivity contribution < 1.29 is 13.2 Å². The SMILES string of the molecule is CCOC1=C2CCC(c3ccccc3)CC2N(S(=O)(=O)c2ccc(C)cc2)C(c2ccc(Cl)cc2)C1. The summed E-state index contributed by atoms with van der Waals surface area (Å²) in [7, 11) is -3.79. The van der Waals surface area contributed by atoms with Crippen molar-refractivity contribution in [1.82, 2.24) is 4.31 Å².